The Kier molecular flexibility index (Phi) is 7.92. The maximum atomic E-state index is 12.0. The van der Waals surface area contributed by atoms with Gasteiger partial charge in [0.05, 0.1) is 6.54 Å². The number of hydrogen-bond acceptors (Lipinski definition) is 3. The maximum absolute atomic E-state index is 12.0. The summed E-state index contributed by atoms with van der Waals surface area (Å²) in [5.41, 5.74) is 6.51. The molecule has 1 fully saturated rings. The second-order valence-electron chi connectivity index (χ2n) is 6.61. The molecule has 26 heavy (non-hydrogen) atoms. The molecule has 0 radical (unpaired) electrons. The summed E-state index contributed by atoms with van der Waals surface area (Å²) in [4.78, 5) is 29.5. The van der Waals surface area contributed by atoms with Gasteiger partial charge in [-0.15, -0.1) is 0 Å². The van der Waals surface area contributed by atoms with Crippen molar-refractivity contribution in [1.29, 1.82) is 0 Å². The minimum Gasteiger partial charge on any atom is -0.370 e. The molecule has 1 aliphatic heterocycles. The van der Waals surface area contributed by atoms with Crippen molar-refractivity contribution in [2.75, 3.05) is 33.2 Å². The number of benzene rings is 1. The third-order valence-corrected chi connectivity index (χ3v) is 4.51. The number of carbonyl (C=O) groups excluding carboxylic acids is 2. The summed E-state index contributed by atoms with van der Waals surface area (Å²) >= 11 is 0. The number of likely N-dealkylation sites (tertiary alicyclic amines) is 1. The second kappa shape index (κ2) is 10.4. The van der Waals surface area contributed by atoms with Gasteiger partial charge in [-0.3, -0.25) is 14.6 Å². The quantitative estimate of drug-likeness (QED) is 0.488. The van der Waals surface area contributed by atoms with E-state index in [9.17, 15) is 9.59 Å². The molecule has 1 saturated heterocycles. The summed E-state index contributed by atoms with van der Waals surface area (Å²) < 4.78 is 0. The van der Waals surface area contributed by atoms with Crippen LogP contribution in [0.2, 0.25) is 0 Å². The number of rotatable bonds is 7. The molecule has 1 aromatic carbocycles. The van der Waals surface area contributed by atoms with Crippen LogP contribution in [0, 0.1) is 5.92 Å². The fraction of sp³-hybridized carbons (Fsp3) is 0.526. The van der Waals surface area contributed by atoms with Crippen LogP contribution in [0.15, 0.2) is 35.3 Å². The molecule has 1 unspecified atom stereocenters. The first kappa shape index (κ1) is 19.8. The van der Waals surface area contributed by atoms with Gasteiger partial charge >= 0.3 is 0 Å². The summed E-state index contributed by atoms with van der Waals surface area (Å²) in [7, 11) is 1.70. The minimum absolute atomic E-state index is 0.0622. The summed E-state index contributed by atoms with van der Waals surface area (Å²) in [5.74, 6) is 0.613. The van der Waals surface area contributed by atoms with Crippen LogP contribution in [-0.4, -0.2) is 55.9 Å². The van der Waals surface area contributed by atoms with E-state index in [1.54, 1.807) is 7.05 Å². The molecule has 1 heterocycles. The Labute approximate surface area is 155 Å². The van der Waals surface area contributed by atoms with Gasteiger partial charge in [-0.1, -0.05) is 30.3 Å². The van der Waals surface area contributed by atoms with Crippen molar-refractivity contribution in [3.05, 3.63) is 35.9 Å². The molecule has 0 saturated carbocycles. The Balaban J connectivity index is 1.72. The van der Waals surface area contributed by atoms with Crippen LogP contribution in [0.4, 0.5) is 0 Å². The van der Waals surface area contributed by atoms with Crippen molar-refractivity contribution in [2.24, 2.45) is 16.6 Å². The highest BCUT2D eigenvalue weighted by Gasteiger charge is 2.23. The first-order valence-electron chi connectivity index (χ1n) is 9.13. The Morgan fingerprint density at radius 1 is 1.27 bits per heavy atom. The average Bonchev–Trinajstić information content (AvgIpc) is 2.63. The molecule has 4 N–H and O–H groups in total. The molecular weight excluding hydrogens is 330 g/mol. The molecule has 142 valence electrons. The van der Waals surface area contributed by atoms with E-state index in [1.165, 1.54) is 5.56 Å². The standard InChI is InChI=1S/C19H29N5O2/c1-21-19(24-11-5-8-16(14-24)12-17(20)25)23-13-18(26)22-10-9-15-6-3-2-4-7-15/h2-4,6-7,16H,5,8-14H2,1H3,(H2,20,25)(H,21,23)(H,22,26). The van der Waals surface area contributed by atoms with Gasteiger partial charge in [0.1, 0.15) is 0 Å². The molecule has 1 aliphatic rings. The lowest BCUT2D eigenvalue weighted by molar-refractivity contribution is -0.120. The summed E-state index contributed by atoms with van der Waals surface area (Å²) in [6.07, 6.45) is 3.19. The van der Waals surface area contributed by atoms with Crippen molar-refractivity contribution in [3.8, 4) is 0 Å². The summed E-state index contributed by atoms with van der Waals surface area (Å²) in [6, 6.07) is 10.1. The number of nitrogens with one attached hydrogen (secondary N) is 2. The van der Waals surface area contributed by atoms with Crippen LogP contribution in [0.25, 0.3) is 0 Å². The Morgan fingerprint density at radius 2 is 2.04 bits per heavy atom. The van der Waals surface area contributed by atoms with Gasteiger partial charge in [0.25, 0.3) is 0 Å². The van der Waals surface area contributed by atoms with Crippen molar-refractivity contribution in [1.82, 2.24) is 15.5 Å². The van der Waals surface area contributed by atoms with Crippen LogP contribution in [-0.2, 0) is 16.0 Å². The topological polar surface area (TPSA) is 99.8 Å². The average molecular weight is 359 g/mol. The number of piperidine rings is 1. The fourth-order valence-corrected chi connectivity index (χ4v) is 3.25. The lowest BCUT2D eigenvalue weighted by Gasteiger charge is -2.34. The number of carbonyl (C=O) groups is 2. The van der Waals surface area contributed by atoms with Crippen LogP contribution < -0.4 is 16.4 Å². The molecule has 0 bridgehead atoms. The van der Waals surface area contributed by atoms with E-state index in [-0.39, 0.29) is 24.3 Å². The third-order valence-electron chi connectivity index (χ3n) is 4.51. The molecular formula is C19H29N5O2. The predicted octanol–water partition coefficient (Wildman–Crippen LogP) is 0.508. The molecule has 2 amide bonds. The molecule has 1 atom stereocenters. The van der Waals surface area contributed by atoms with Crippen molar-refractivity contribution in [2.45, 2.75) is 25.7 Å². The van der Waals surface area contributed by atoms with Crippen LogP contribution in [0.5, 0.6) is 0 Å². The number of aliphatic imine (C=N–C) groups is 1. The third kappa shape index (κ3) is 6.74. The highest BCUT2D eigenvalue weighted by atomic mass is 16.2. The Hall–Kier alpha value is -2.57. The molecule has 2 rings (SSSR count). The van der Waals surface area contributed by atoms with E-state index >= 15 is 0 Å². The monoisotopic (exact) mass is 359 g/mol. The maximum Gasteiger partial charge on any atom is 0.239 e. The van der Waals surface area contributed by atoms with Gasteiger partial charge in [-0.05, 0) is 30.7 Å². The highest BCUT2D eigenvalue weighted by Crippen LogP contribution is 2.19. The van der Waals surface area contributed by atoms with Crippen LogP contribution >= 0.6 is 0 Å². The number of hydrogen-bond donors (Lipinski definition) is 3. The zero-order chi connectivity index (χ0) is 18.8. The van der Waals surface area contributed by atoms with Gasteiger partial charge in [0, 0.05) is 33.1 Å². The zero-order valence-corrected chi connectivity index (χ0v) is 15.4. The molecule has 7 heteroatoms. The second-order valence-corrected chi connectivity index (χ2v) is 6.61. The van der Waals surface area contributed by atoms with Gasteiger partial charge in [-0.2, -0.15) is 0 Å². The first-order chi connectivity index (χ1) is 12.6. The van der Waals surface area contributed by atoms with E-state index in [0.29, 0.717) is 18.9 Å². The highest BCUT2D eigenvalue weighted by molar-refractivity contribution is 5.86. The SMILES string of the molecule is CN=C(NCC(=O)NCCc1ccccc1)N1CCCC(CC(N)=O)C1. The molecule has 1 aromatic rings. The number of nitrogens with zero attached hydrogens (tertiary/aromatic N) is 2. The lowest BCUT2D eigenvalue weighted by Crippen LogP contribution is -2.49. The van der Waals surface area contributed by atoms with Crippen LogP contribution in [0.3, 0.4) is 0 Å². The number of primary amides is 1. The van der Waals surface area contributed by atoms with Crippen molar-refractivity contribution in [3.63, 3.8) is 0 Å². The molecule has 0 aliphatic carbocycles. The Bertz CT molecular complexity index is 618. The van der Waals surface area contributed by atoms with Gasteiger partial charge in [0.2, 0.25) is 11.8 Å². The Morgan fingerprint density at radius 3 is 2.73 bits per heavy atom. The molecule has 0 spiro atoms. The fourth-order valence-electron chi connectivity index (χ4n) is 3.25. The molecule has 0 aromatic heterocycles. The molecule has 7 nitrogen and oxygen atoms in total. The number of nitrogens with two attached hydrogens (primary N) is 1. The smallest absolute Gasteiger partial charge is 0.239 e. The van der Waals surface area contributed by atoms with Crippen molar-refractivity contribution >= 4 is 17.8 Å². The van der Waals surface area contributed by atoms with E-state index in [2.05, 4.69) is 20.5 Å². The van der Waals surface area contributed by atoms with E-state index in [0.717, 1.165) is 32.4 Å². The summed E-state index contributed by atoms with van der Waals surface area (Å²) in [5, 5.41) is 6.02. The lowest BCUT2D eigenvalue weighted by atomic mass is 9.95. The van der Waals surface area contributed by atoms with Gasteiger partial charge in [-0.25, -0.2) is 0 Å². The zero-order valence-electron chi connectivity index (χ0n) is 15.4. The van der Waals surface area contributed by atoms with E-state index in [1.807, 2.05) is 30.3 Å². The van der Waals surface area contributed by atoms with E-state index < -0.39 is 0 Å². The summed E-state index contributed by atoms with van der Waals surface area (Å²) in [6.45, 7) is 2.38. The number of guanidine groups is 1. The predicted molar refractivity (Wildman–Crippen MR) is 103 cm³/mol. The first-order valence-corrected chi connectivity index (χ1v) is 9.13. The van der Waals surface area contributed by atoms with Crippen LogP contribution in [0.1, 0.15) is 24.8 Å². The number of amides is 2. The van der Waals surface area contributed by atoms with E-state index in [4.69, 9.17) is 5.73 Å². The minimum atomic E-state index is -0.266. The normalized spacial score (nSPS) is 17.7. The van der Waals surface area contributed by atoms with Crippen molar-refractivity contribution < 1.29 is 9.59 Å². The van der Waals surface area contributed by atoms with Gasteiger partial charge < -0.3 is 21.3 Å². The largest absolute Gasteiger partial charge is 0.370 e. The van der Waals surface area contributed by atoms with Gasteiger partial charge in [0.15, 0.2) is 5.96 Å².